The second-order valence-electron chi connectivity index (χ2n) is 4.45. The Morgan fingerprint density at radius 3 is 2.65 bits per heavy atom. The van der Waals surface area contributed by atoms with E-state index in [1.165, 1.54) is 0 Å². The molecule has 1 aromatic carbocycles. The van der Waals surface area contributed by atoms with Gasteiger partial charge in [-0.1, -0.05) is 23.7 Å². The van der Waals surface area contributed by atoms with Crippen molar-refractivity contribution in [2.24, 2.45) is 0 Å². The molecule has 0 spiro atoms. The average molecular weight is 306 g/mol. The lowest BCUT2D eigenvalue weighted by Crippen LogP contribution is -2.30. The summed E-state index contributed by atoms with van der Waals surface area (Å²) in [4.78, 5) is 22.4. The SMILES string of the molecule is C[C@@H]1S[C@@H](c2ccc(Cl)cc2)N(c2cnccn2)C1=O. The maximum atomic E-state index is 12.4. The minimum atomic E-state index is -0.0994. The topological polar surface area (TPSA) is 46.1 Å². The Hall–Kier alpha value is -1.59. The predicted molar refractivity (Wildman–Crippen MR) is 80.8 cm³/mol. The van der Waals surface area contributed by atoms with Crippen molar-refractivity contribution in [1.82, 2.24) is 9.97 Å². The Morgan fingerprint density at radius 1 is 1.25 bits per heavy atom. The minimum absolute atomic E-state index is 0.0513. The Bertz CT molecular complexity index is 620. The van der Waals surface area contributed by atoms with Gasteiger partial charge in [0.2, 0.25) is 5.91 Å². The third kappa shape index (κ3) is 2.39. The molecule has 1 aliphatic rings. The normalized spacial score (nSPS) is 22.3. The van der Waals surface area contributed by atoms with Crippen molar-refractivity contribution in [2.75, 3.05) is 4.90 Å². The number of carbonyl (C=O) groups is 1. The van der Waals surface area contributed by atoms with E-state index in [0.717, 1.165) is 5.56 Å². The summed E-state index contributed by atoms with van der Waals surface area (Å²) in [5.41, 5.74) is 1.03. The maximum absolute atomic E-state index is 12.4. The van der Waals surface area contributed by atoms with Crippen LogP contribution in [0.4, 0.5) is 5.82 Å². The number of carbonyl (C=O) groups excluding carboxylic acids is 1. The van der Waals surface area contributed by atoms with E-state index >= 15 is 0 Å². The molecule has 102 valence electrons. The highest BCUT2D eigenvalue weighted by atomic mass is 35.5. The lowest BCUT2D eigenvalue weighted by atomic mass is 10.2. The van der Waals surface area contributed by atoms with Crippen LogP contribution in [0.15, 0.2) is 42.9 Å². The molecule has 4 nitrogen and oxygen atoms in total. The Balaban J connectivity index is 2.00. The van der Waals surface area contributed by atoms with E-state index in [2.05, 4.69) is 9.97 Å². The summed E-state index contributed by atoms with van der Waals surface area (Å²) >= 11 is 7.52. The zero-order valence-corrected chi connectivity index (χ0v) is 12.3. The Kier molecular flexibility index (Phi) is 3.63. The molecule has 2 atom stereocenters. The number of halogens is 1. The molecule has 1 aliphatic heterocycles. The van der Waals surface area contributed by atoms with Crippen molar-refractivity contribution in [3.05, 3.63) is 53.4 Å². The first-order valence-corrected chi connectivity index (χ1v) is 7.49. The summed E-state index contributed by atoms with van der Waals surface area (Å²) in [5.74, 6) is 0.629. The van der Waals surface area contributed by atoms with Gasteiger partial charge >= 0.3 is 0 Å². The molecule has 0 N–H and O–H groups in total. The van der Waals surface area contributed by atoms with Crippen molar-refractivity contribution >= 4 is 35.1 Å². The van der Waals surface area contributed by atoms with Crippen LogP contribution in [0.25, 0.3) is 0 Å². The van der Waals surface area contributed by atoms with Crippen LogP contribution < -0.4 is 4.90 Å². The summed E-state index contributed by atoms with van der Waals surface area (Å²) < 4.78 is 0. The number of benzene rings is 1. The van der Waals surface area contributed by atoms with E-state index in [0.29, 0.717) is 10.8 Å². The van der Waals surface area contributed by atoms with E-state index in [9.17, 15) is 4.79 Å². The van der Waals surface area contributed by atoms with Gasteiger partial charge < -0.3 is 0 Å². The second kappa shape index (κ2) is 5.42. The number of hydrogen-bond acceptors (Lipinski definition) is 4. The van der Waals surface area contributed by atoms with Gasteiger partial charge in [-0.05, 0) is 24.6 Å². The summed E-state index contributed by atoms with van der Waals surface area (Å²) in [6.07, 6.45) is 4.80. The Labute approximate surface area is 126 Å². The van der Waals surface area contributed by atoms with Crippen LogP contribution >= 0.6 is 23.4 Å². The number of hydrogen-bond donors (Lipinski definition) is 0. The van der Waals surface area contributed by atoms with Gasteiger partial charge in [0.25, 0.3) is 0 Å². The summed E-state index contributed by atoms with van der Waals surface area (Å²) in [6, 6.07) is 7.54. The molecular weight excluding hydrogens is 294 g/mol. The highest BCUT2D eigenvalue weighted by Crippen LogP contribution is 2.44. The van der Waals surface area contributed by atoms with E-state index in [1.54, 1.807) is 35.3 Å². The fraction of sp³-hybridized carbons (Fsp3) is 0.214. The summed E-state index contributed by atoms with van der Waals surface area (Å²) in [7, 11) is 0. The zero-order chi connectivity index (χ0) is 14.1. The van der Waals surface area contributed by atoms with Crippen LogP contribution in [-0.4, -0.2) is 21.1 Å². The van der Waals surface area contributed by atoms with Crippen molar-refractivity contribution < 1.29 is 4.79 Å². The van der Waals surface area contributed by atoms with Gasteiger partial charge in [0.05, 0.1) is 11.4 Å². The smallest absolute Gasteiger partial charge is 0.242 e. The van der Waals surface area contributed by atoms with Gasteiger partial charge in [0.1, 0.15) is 5.37 Å². The van der Waals surface area contributed by atoms with E-state index in [-0.39, 0.29) is 16.5 Å². The molecule has 2 heterocycles. The van der Waals surface area contributed by atoms with Crippen LogP contribution in [-0.2, 0) is 4.79 Å². The third-order valence-corrected chi connectivity index (χ3v) is 4.71. The number of rotatable bonds is 2. The third-order valence-electron chi connectivity index (χ3n) is 3.10. The largest absolute Gasteiger partial charge is 0.278 e. The summed E-state index contributed by atoms with van der Waals surface area (Å²) in [6.45, 7) is 1.91. The molecule has 3 rings (SSSR count). The average Bonchev–Trinajstić information content (AvgIpc) is 2.77. The molecule has 0 unspecified atom stereocenters. The lowest BCUT2D eigenvalue weighted by molar-refractivity contribution is -0.117. The molecule has 0 radical (unpaired) electrons. The molecule has 1 amide bonds. The number of thioether (sulfide) groups is 1. The van der Waals surface area contributed by atoms with Crippen molar-refractivity contribution in [2.45, 2.75) is 17.5 Å². The van der Waals surface area contributed by atoms with E-state index in [4.69, 9.17) is 11.6 Å². The number of anilines is 1. The molecule has 20 heavy (non-hydrogen) atoms. The van der Waals surface area contributed by atoms with Crippen molar-refractivity contribution in [3.8, 4) is 0 Å². The lowest BCUT2D eigenvalue weighted by Gasteiger charge is -2.22. The van der Waals surface area contributed by atoms with Gasteiger partial charge in [0, 0.05) is 17.4 Å². The number of amides is 1. The van der Waals surface area contributed by atoms with Gasteiger partial charge in [-0.3, -0.25) is 14.7 Å². The molecule has 0 aliphatic carbocycles. The standard InChI is InChI=1S/C14H12ClN3OS/c1-9-13(19)18(12-8-16-6-7-17-12)14(20-9)10-2-4-11(15)5-3-10/h2-9,14H,1H3/t9-,14-/m0/s1. The van der Waals surface area contributed by atoms with E-state index < -0.39 is 0 Å². The molecule has 0 saturated carbocycles. The van der Waals surface area contributed by atoms with Crippen molar-refractivity contribution in [1.29, 1.82) is 0 Å². The minimum Gasteiger partial charge on any atom is -0.278 e. The molecule has 1 fully saturated rings. The first kappa shape index (κ1) is 13.4. The fourth-order valence-corrected chi connectivity index (χ4v) is 3.52. The van der Waals surface area contributed by atoms with E-state index in [1.807, 2.05) is 31.2 Å². The van der Waals surface area contributed by atoms with Gasteiger partial charge in [-0.15, -0.1) is 11.8 Å². The Morgan fingerprint density at radius 2 is 2.00 bits per heavy atom. The van der Waals surface area contributed by atoms with Crippen LogP contribution in [0.5, 0.6) is 0 Å². The van der Waals surface area contributed by atoms with Crippen LogP contribution in [0.1, 0.15) is 17.9 Å². The zero-order valence-electron chi connectivity index (χ0n) is 10.7. The number of aromatic nitrogens is 2. The number of nitrogens with zero attached hydrogens (tertiary/aromatic N) is 3. The molecule has 1 aromatic heterocycles. The highest BCUT2D eigenvalue weighted by Gasteiger charge is 2.40. The summed E-state index contributed by atoms with van der Waals surface area (Å²) in [5, 5.41) is 0.492. The van der Waals surface area contributed by atoms with Crippen molar-refractivity contribution in [3.63, 3.8) is 0 Å². The monoisotopic (exact) mass is 305 g/mol. The van der Waals surface area contributed by atoms with Crippen LogP contribution in [0, 0.1) is 0 Å². The predicted octanol–water partition coefficient (Wildman–Crippen LogP) is 3.30. The first-order chi connectivity index (χ1) is 9.66. The molecule has 0 bridgehead atoms. The highest BCUT2D eigenvalue weighted by molar-refractivity contribution is 8.01. The van der Waals surface area contributed by atoms with Gasteiger partial charge in [-0.25, -0.2) is 4.98 Å². The fourth-order valence-electron chi connectivity index (χ4n) is 2.13. The quantitative estimate of drug-likeness (QED) is 0.854. The van der Waals surface area contributed by atoms with Crippen LogP contribution in [0.2, 0.25) is 5.02 Å². The first-order valence-electron chi connectivity index (χ1n) is 6.17. The van der Waals surface area contributed by atoms with Gasteiger partial charge in [-0.2, -0.15) is 0 Å². The molecule has 1 saturated heterocycles. The molecular formula is C14H12ClN3OS. The second-order valence-corrected chi connectivity index (χ2v) is 6.32. The van der Waals surface area contributed by atoms with Crippen LogP contribution in [0.3, 0.4) is 0 Å². The maximum Gasteiger partial charge on any atom is 0.242 e. The molecule has 2 aromatic rings. The molecule has 6 heteroatoms. The van der Waals surface area contributed by atoms with Gasteiger partial charge in [0.15, 0.2) is 5.82 Å².